The summed E-state index contributed by atoms with van der Waals surface area (Å²) in [6.07, 6.45) is 0.943. The topological polar surface area (TPSA) is 117 Å². The maximum atomic E-state index is 13.0. The van der Waals surface area contributed by atoms with Crippen LogP contribution >= 0.6 is 0 Å². The van der Waals surface area contributed by atoms with Crippen molar-refractivity contribution in [3.63, 3.8) is 0 Å². The zero-order valence-corrected chi connectivity index (χ0v) is 16.4. The van der Waals surface area contributed by atoms with Gasteiger partial charge in [-0.2, -0.15) is 0 Å². The average Bonchev–Trinajstić information content (AvgIpc) is 3.00. The molecule has 29 heavy (non-hydrogen) atoms. The minimum absolute atomic E-state index is 0.126. The van der Waals surface area contributed by atoms with Crippen LogP contribution in [0.2, 0.25) is 0 Å². The molecule has 152 valence electrons. The third-order valence-corrected chi connectivity index (χ3v) is 5.38. The van der Waals surface area contributed by atoms with Gasteiger partial charge in [-0.3, -0.25) is 14.9 Å². The van der Waals surface area contributed by atoms with Gasteiger partial charge in [-0.25, -0.2) is 4.79 Å². The Balaban J connectivity index is 1.52. The van der Waals surface area contributed by atoms with E-state index in [1.165, 1.54) is 0 Å². The number of para-hydroxylation sites is 1. The van der Waals surface area contributed by atoms with Crippen LogP contribution in [0.5, 0.6) is 0 Å². The molecule has 0 saturated carbocycles. The number of aromatic nitrogens is 1. The summed E-state index contributed by atoms with van der Waals surface area (Å²) >= 11 is 0. The van der Waals surface area contributed by atoms with E-state index in [0.29, 0.717) is 25.3 Å². The van der Waals surface area contributed by atoms with Crippen molar-refractivity contribution < 1.29 is 18.9 Å². The molecule has 0 aliphatic carbocycles. The van der Waals surface area contributed by atoms with Crippen LogP contribution < -0.4 is 16.0 Å². The van der Waals surface area contributed by atoms with Crippen LogP contribution in [0.25, 0.3) is 0 Å². The molecule has 3 heterocycles. The Morgan fingerprint density at radius 3 is 2.76 bits per heavy atom. The first-order valence-electron chi connectivity index (χ1n) is 9.62. The molecule has 1 aromatic heterocycles. The highest BCUT2D eigenvalue weighted by atomic mass is 16.5. The van der Waals surface area contributed by atoms with Gasteiger partial charge in [-0.05, 0) is 31.4 Å². The highest BCUT2D eigenvalue weighted by Crippen LogP contribution is 2.31. The molecule has 2 aliphatic heterocycles. The standard InChI is InChI=1S/C20H23N5O4/c1-11-4-3-5-12(2)17(11)23-18-13-10-25(9-8-15(13)29-24-18)19(27)14-6-7-16(26)22-20(28)21-14/h3-5,14H,6-10H2,1-2H3,(H,23,24)(H2,21,22,26,28)/t14-/m1/s1. The number of imide groups is 1. The molecular formula is C20H23N5O4. The van der Waals surface area contributed by atoms with Crippen molar-refractivity contribution in [2.24, 2.45) is 0 Å². The zero-order chi connectivity index (χ0) is 20.5. The molecule has 0 radical (unpaired) electrons. The summed E-state index contributed by atoms with van der Waals surface area (Å²) in [5.41, 5.74) is 3.97. The van der Waals surface area contributed by atoms with Gasteiger partial charge >= 0.3 is 6.03 Å². The summed E-state index contributed by atoms with van der Waals surface area (Å²) in [5.74, 6) is 0.763. The SMILES string of the molecule is Cc1cccc(C)c1Nc1noc2c1CN(C(=O)[C@H]1CCC(=O)NC(=O)N1)CC2. The van der Waals surface area contributed by atoms with Gasteiger partial charge in [0.1, 0.15) is 11.8 Å². The Kier molecular flexibility index (Phi) is 4.96. The molecule has 0 bridgehead atoms. The number of fused-ring (bicyclic) bond motifs is 1. The number of anilines is 2. The lowest BCUT2D eigenvalue weighted by atomic mass is 10.0. The van der Waals surface area contributed by atoms with E-state index >= 15 is 0 Å². The molecule has 1 atom stereocenters. The van der Waals surface area contributed by atoms with E-state index in [0.717, 1.165) is 28.1 Å². The van der Waals surface area contributed by atoms with Gasteiger partial charge in [-0.15, -0.1) is 0 Å². The highest BCUT2D eigenvalue weighted by molar-refractivity contribution is 5.98. The molecule has 2 aromatic rings. The van der Waals surface area contributed by atoms with E-state index in [4.69, 9.17) is 4.52 Å². The van der Waals surface area contributed by atoms with Gasteiger partial charge in [0.2, 0.25) is 11.8 Å². The molecule has 3 N–H and O–H groups in total. The fourth-order valence-electron chi connectivity index (χ4n) is 3.76. The third-order valence-electron chi connectivity index (χ3n) is 5.38. The van der Waals surface area contributed by atoms with Crippen LogP contribution in [0.3, 0.4) is 0 Å². The number of aryl methyl sites for hydroxylation is 2. The van der Waals surface area contributed by atoms with E-state index in [1.54, 1.807) is 4.90 Å². The maximum absolute atomic E-state index is 13.0. The number of amides is 4. The van der Waals surface area contributed by atoms with Crippen molar-refractivity contribution in [2.45, 2.75) is 45.7 Å². The monoisotopic (exact) mass is 397 g/mol. The Bertz CT molecular complexity index is 963. The lowest BCUT2D eigenvalue weighted by molar-refractivity contribution is -0.134. The summed E-state index contributed by atoms with van der Waals surface area (Å²) in [6, 6.07) is 4.67. The van der Waals surface area contributed by atoms with E-state index in [-0.39, 0.29) is 24.7 Å². The van der Waals surface area contributed by atoms with E-state index in [2.05, 4.69) is 21.1 Å². The summed E-state index contributed by atoms with van der Waals surface area (Å²) in [7, 11) is 0. The van der Waals surface area contributed by atoms with E-state index in [9.17, 15) is 14.4 Å². The normalized spacial score (nSPS) is 19.1. The number of benzene rings is 1. The first-order valence-corrected chi connectivity index (χ1v) is 9.62. The van der Waals surface area contributed by atoms with Crippen molar-refractivity contribution in [2.75, 3.05) is 11.9 Å². The minimum atomic E-state index is -0.724. The number of nitrogens with zero attached hydrogens (tertiary/aromatic N) is 2. The maximum Gasteiger partial charge on any atom is 0.322 e. The summed E-state index contributed by atoms with van der Waals surface area (Å²) in [6.45, 7) is 4.83. The molecule has 4 rings (SSSR count). The number of carbonyl (C=O) groups excluding carboxylic acids is 3. The van der Waals surface area contributed by atoms with Crippen molar-refractivity contribution >= 4 is 29.4 Å². The molecule has 2 aliphatic rings. The predicted octanol–water partition coefficient (Wildman–Crippen LogP) is 1.91. The van der Waals surface area contributed by atoms with Gasteiger partial charge < -0.3 is 20.1 Å². The summed E-state index contributed by atoms with van der Waals surface area (Å²) in [5, 5.41) is 12.3. The van der Waals surface area contributed by atoms with Crippen molar-refractivity contribution in [3.8, 4) is 0 Å². The lowest BCUT2D eigenvalue weighted by Gasteiger charge is -2.29. The molecule has 0 spiro atoms. The molecule has 1 saturated heterocycles. The van der Waals surface area contributed by atoms with Crippen LogP contribution in [0.1, 0.15) is 35.3 Å². The first kappa shape index (κ1) is 19.0. The molecule has 1 fully saturated rings. The largest absolute Gasteiger partial charge is 0.359 e. The number of hydrogen-bond donors (Lipinski definition) is 3. The zero-order valence-electron chi connectivity index (χ0n) is 16.4. The number of urea groups is 1. The van der Waals surface area contributed by atoms with Gasteiger partial charge in [0.05, 0.1) is 12.1 Å². The average molecular weight is 397 g/mol. The van der Waals surface area contributed by atoms with Crippen LogP contribution in [0.4, 0.5) is 16.3 Å². The summed E-state index contributed by atoms with van der Waals surface area (Å²) < 4.78 is 5.49. The predicted molar refractivity (Wildman–Crippen MR) is 105 cm³/mol. The van der Waals surface area contributed by atoms with Gasteiger partial charge in [0.15, 0.2) is 5.82 Å². The smallest absolute Gasteiger partial charge is 0.322 e. The Labute approximate surface area is 167 Å². The van der Waals surface area contributed by atoms with Crippen LogP contribution in [-0.2, 0) is 22.6 Å². The van der Waals surface area contributed by atoms with Gasteiger partial charge in [0, 0.05) is 25.1 Å². The second-order valence-corrected chi connectivity index (χ2v) is 7.45. The van der Waals surface area contributed by atoms with Crippen LogP contribution in [-0.4, -0.2) is 40.5 Å². The summed E-state index contributed by atoms with van der Waals surface area (Å²) in [4.78, 5) is 37.9. The Morgan fingerprint density at radius 2 is 2.00 bits per heavy atom. The fraction of sp³-hybridized carbons (Fsp3) is 0.400. The van der Waals surface area contributed by atoms with Crippen molar-refractivity contribution in [3.05, 3.63) is 40.6 Å². The second kappa shape index (κ2) is 7.57. The lowest BCUT2D eigenvalue weighted by Crippen LogP contribution is -2.50. The van der Waals surface area contributed by atoms with Gasteiger partial charge in [0.25, 0.3) is 0 Å². The molecule has 0 unspecified atom stereocenters. The fourth-order valence-corrected chi connectivity index (χ4v) is 3.76. The minimum Gasteiger partial charge on any atom is -0.359 e. The quantitative estimate of drug-likeness (QED) is 0.728. The molecule has 1 aromatic carbocycles. The van der Waals surface area contributed by atoms with Crippen LogP contribution in [0, 0.1) is 13.8 Å². The molecule has 9 heteroatoms. The number of nitrogens with one attached hydrogen (secondary N) is 3. The molecule has 9 nitrogen and oxygen atoms in total. The third kappa shape index (κ3) is 3.80. The Hall–Kier alpha value is -3.36. The molecule has 4 amide bonds. The van der Waals surface area contributed by atoms with Crippen LogP contribution in [0.15, 0.2) is 22.7 Å². The number of carbonyl (C=O) groups is 3. The van der Waals surface area contributed by atoms with Crippen molar-refractivity contribution in [1.29, 1.82) is 0 Å². The number of hydrogen-bond acceptors (Lipinski definition) is 6. The Morgan fingerprint density at radius 1 is 1.24 bits per heavy atom. The van der Waals surface area contributed by atoms with Gasteiger partial charge in [-0.1, -0.05) is 23.4 Å². The molecular weight excluding hydrogens is 374 g/mol. The van der Waals surface area contributed by atoms with E-state index < -0.39 is 12.1 Å². The first-order chi connectivity index (χ1) is 13.9. The van der Waals surface area contributed by atoms with Crippen molar-refractivity contribution in [1.82, 2.24) is 20.7 Å². The highest BCUT2D eigenvalue weighted by Gasteiger charge is 2.33. The number of rotatable bonds is 3. The second-order valence-electron chi connectivity index (χ2n) is 7.45. The van der Waals surface area contributed by atoms with E-state index in [1.807, 2.05) is 32.0 Å².